The molecule has 0 N–H and O–H groups in total. The summed E-state index contributed by atoms with van der Waals surface area (Å²) in [7, 11) is 0. The largest absolute Gasteiger partial charge is 1.00 e. The molecule has 0 nitrogen and oxygen atoms in total. The molecular formula is C10H4Li2S2. The van der Waals surface area contributed by atoms with Crippen LogP contribution in [0, 0.1) is 22.3 Å². The van der Waals surface area contributed by atoms with E-state index in [-0.39, 0.29) is 37.7 Å². The molecule has 0 bridgehead atoms. The zero-order chi connectivity index (χ0) is 8.81. The van der Waals surface area contributed by atoms with Gasteiger partial charge in [0.25, 0.3) is 0 Å². The molecule has 1 aromatic rings. The first-order valence-electron chi connectivity index (χ1n) is 3.23. The van der Waals surface area contributed by atoms with Crippen molar-refractivity contribution in [1.82, 2.24) is 0 Å². The van der Waals surface area contributed by atoms with Crippen LogP contribution < -0.4 is 37.7 Å². The van der Waals surface area contributed by atoms with E-state index in [4.69, 9.17) is 0 Å². The van der Waals surface area contributed by atoms with Crippen LogP contribution in [0.1, 0.15) is 11.1 Å². The van der Waals surface area contributed by atoms with E-state index in [9.17, 15) is 0 Å². The second-order valence-corrected chi connectivity index (χ2v) is 2.44. The first-order valence-corrected chi connectivity index (χ1v) is 4.05. The third kappa shape index (κ3) is 5.65. The van der Waals surface area contributed by atoms with Gasteiger partial charge in [-0.25, -0.2) is 10.5 Å². The molecule has 0 atom stereocenters. The normalized spacial score (nSPS) is 6.29. The second kappa shape index (κ2) is 9.53. The predicted molar refractivity (Wildman–Crippen MR) is 54.9 cm³/mol. The monoisotopic (exact) mass is 202 g/mol. The Labute approximate surface area is 120 Å². The predicted octanol–water partition coefficient (Wildman–Crippen LogP) is -4.59. The van der Waals surface area contributed by atoms with Gasteiger partial charge in [0.15, 0.2) is 0 Å². The zero-order valence-electron chi connectivity index (χ0n) is 8.13. The molecule has 0 heterocycles. The molecule has 0 amide bonds. The van der Waals surface area contributed by atoms with Crippen LogP contribution in [0.25, 0.3) is 0 Å². The average Bonchev–Trinajstić information content (AvgIpc) is 2.09. The molecule has 0 aliphatic rings. The molecule has 1 aromatic carbocycles. The van der Waals surface area contributed by atoms with Crippen molar-refractivity contribution in [3.8, 4) is 22.3 Å². The summed E-state index contributed by atoms with van der Waals surface area (Å²) < 4.78 is 0. The van der Waals surface area contributed by atoms with E-state index in [0.29, 0.717) is 0 Å². The molecule has 0 fully saturated rings. The Bertz CT molecular complexity index is 338. The van der Waals surface area contributed by atoms with Gasteiger partial charge < -0.3 is 25.3 Å². The SMILES string of the molecule is [Li+].[Li+].[S-]C#Cc1ccc(C#C[S-])cc1. The van der Waals surface area contributed by atoms with Gasteiger partial charge in [0.1, 0.15) is 0 Å². The quantitative estimate of drug-likeness (QED) is 0.236. The van der Waals surface area contributed by atoms with Crippen molar-refractivity contribution in [2.24, 2.45) is 0 Å². The average molecular weight is 202 g/mol. The maximum Gasteiger partial charge on any atom is 1.00 e. The van der Waals surface area contributed by atoms with E-state index in [1.54, 1.807) is 0 Å². The molecular weight excluding hydrogens is 198 g/mol. The molecule has 0 radical (unpaired) electrons. The van der Waals surface area contributed by atoms with Crippen molar-refractivity contribution in [3.63, 3.8) is 0 Å². The molecule has 0 saturated carbocycles. The molecule has 58 valence electrons. The molecule has 14 heavy (non-hydrogen) atoms. The molecule has 0 aliphatic heterocycles. The van der Waals surface area contributed by atoms with E-state index in [1.165, 1.54) is 0 Å². The van der Waals surface area contributed by atoms with Crippen molar-refractivity contribution in [2.75, 3.05) is 0 Å². The molecule has 0 aromatic heterocycles. The molecule has 0 unspecified atom stereocenters. The van der Waals surface area contributed by atoms with Gasteiger partial charge >= 0.3 is 37.7 Å². The summed E-state index contributed by atoms with van der Waals surface area (Å²) in [6.45, 7) is 0. The van der Waals surface area contributed by atoms with Crippen molar-refractivity contribution >= 4 is 25.3 Å². The standard InChI is InChI=1S/C10H6S2.2Li/c11-7-5-9-1-2-10(4-3-9)6-8-12;;/h1-4,11-12H;;/q;2*+1/p-2. The number of hydrogen-bond donors (Lipinski definition) is 0. The second-order valence-electron chi connectivity index (χ2n) is 2.03. The maximum absolute atomic E-state index is 4.51. The van der Waals surface area contributed by atoms with E-state index in [0.717, 1.165) is 11.1 Å². The Morgan fingerprint density at radius 2 is 1.00 bits per heavy atom. The fraction of sp³-hybridized carbons (Fsp3) is 0. The third-order valence-electron chi connectivity index (χ3n) is 1.28. The molecule has 1 rings (SSSR count). The zero-order valence-corrected chi connectivity index (χ0v) is 9.76. The van der Waals surface area contributed by atoms with Gasteiger partial charge in [-0.05, 0) is 24.3 Å². The van der Waals surface area contributed by atoms with Gasteiger partial charge in [0, 0.05) is 11.1 Å². The Balaban J connectivity index is 0. The van der Waals surface area contributed by atoms with E-state index < -0.39 is 0 Å². The molecule has 0 spiro atoms. The minimum absolute atomic E-state index is 0. The number of rotatable bonds is 0. The molecule has 0 saturated heterocycles. The summed E-state index contributed by atoms with van der Waals surface area (Å²) in [6.07, 6.45) is 0. The van der Waals surface area contributed by atoms with Crippen LogP contribution in [-0.4, -0.2) is 0 Å². The van der Waals surface area contributed by atoms with Crippen LogP contribution in [0.15, 0.2) is 24.3 Å². The Hall–Kier alpha value is -0.0252. The van der Waals surface area contributed by atoms with Crippen LogP contribution >= 0.6 is 0 Å². The van der Waals surface area contributed by atoms with Crippen molar-refractivity contribution < 1.29 is 37.7 Å². The van der Waals surface area contributed by atoms with Gasteiger partial charge in [-0.1, -0.05) is 11.8 Å². The van der Waals surface area contributed by atoms with Crippen LogP contribution in [0.4, 0.5) is 0 Å². The van der Waals surface area contributed by atoms with Crippen LogP contribution in [0.5, 0.6) is 0 Å². The molecule has 0 aliphatic carbocycles. The van der Waals surface area contributed by atoms with E-state index >= 15 is 0 Å². The number of benzene rings is 1. The van der Waals surface area contributed by atoms with Crippen LogP contribution in [0.3, 0.4) is 0 Å². The van der Waals surface area contributed by atoms with Gasteiger partial charge in [-0.2, -0.15) is 0 Å². The fourth-order valence-corrected chi connectivity index (χ4v) is 0.990. The molecule has 4 heteroatoms. The van der Waals surface area contributed by atoms with Crippen LogP contribution in [0.2, 0.25) is 0 Å². The summed E-state index contributed by atoms with van der Waals surface area (Å²) in [5.74, 6) is 5.53. The van der Waals surface area contributed by atoms with Gasteiger partial charge in [0.2, 0.25) is 0 Å². The summed E-state index contributed by atoms with van der Waals surface area (Å²) >= 11 is 9.02. The van der Waals surface area contributed by atoms with E-state index in [1.807, 2.05) is 24.3 Å². The summed E-state index contributed by atoms with van der Waals surface area (Å²) in [5, 5.41) is 4.82. The van der Waals surface area contributed by atoms with Crippen molar-refractivity contribution in [3.05, 3.63) is 35.4 Å². The minimum Gasteiger partial charge on any atom is -0.724 e. The van der Waals surface area contributed by atoms with Gasteiger partial charge in [-0.15, -0.1) is 0 Å². The van der Waals surface area contributed by atoms with E-state index in [2.05, 4.69) is 47.6 Å². The van der Waals surface area contributed by atoms with Gasteiger partial charge in [0.05, 0.1) is 0 Å². The Morgan fingerprint density at radius 3 is 1.21 bits per heavy atom. The Morgan fingerprint density at radius 1 is 0.714 bits per heavy atom. The maximum atomic E-state index is 4.51. The summed E-state index contributed by atoms with van der Waals surface area (Å²) in [6, 6.07) is 7.48. The van der Waals surface area contributed by atoms with Crippen molar-refractivity contribution in [2.45, 2.75) is 0 Å². The third-order valence-corrected chi connectivity index (χ3v) is 1.48. The first-order chi connectivity index (χ1) is 5.86. The Kier molecular flexibility index (Phi) is 11.2. The van der Waals surface area contributed by atoms with Crippen molar-refractivity contribution in [1.29, 1.82) is 0 Å². The summed E-state index contributed by atoms with van der Waals surface area (Å²) in [4.78, 5) is 0. The first kappa shape index (κ1) is 16.4. The van der Waals surface area contributed by atoms with Crippen LogP contribution in [-0.2, 0) is 25.3 Å². The fourth-order valence-electron chi connectivity index (χ4n) is 0.755. The summed E-state index contributed by atoms with van der Waals surface area (Å²) in [5.41, 5.74) is 1.81. The minimum atomic E-state index is 0. The topological polar surface area (TPSA) is 0 Å². The smallest absolute Gasteiger partial charge is 0.724 e. The number of hydrogen-bond acceptors (Lipinski definition) is 2. The van der Waals surface area contributed by atoms with Gasteiger partial charge in [-0.3, -0.25) is 0 Å².